The maximum atomic E-state index is 9.41. The summed E-state index contributed by atoms with van der Waals surface area (Å²) in [4.78, 5) is 4.11. The summed E-state index contributed by atoms with van der Waals surface area (Å²) in [5, 5.41) is 13.1. The van der Waals surface area contributed by atoms with Gasteiger partial charge in [-0.05, 0) is 19.1 Å². The first-order valence-electron chi connectivity index (χ1n) is 5.92. The lowest BCUT2D eigenvalue weighted by molar-refractivity contribution is 0.184. The molecule has 108 valence electrons. The van der Waals surface area contributed by atoms with E-state index in [-0.39, 0.29) is 11.7 Å². The molecule has 1 heterocycles. The first-order valence-corrected chi connectivity index (χ1v) is 5.92. The standard InChI is InChI=1S/C13H16N2O5/c1-7(16)12-14-13(20-15-12)8-5-9(17-2)11(19-4)10(6-8)18-3/h5-7,16H,1-4H3. The lowest BCUT2D eigenvalue weighted by Gasteiger charge is -2.12. The fraction of sp³-hybridized carbons (Fsp3) is 0.385. The number of hydrogen-bond donors (Lipinski definition) is 1. The molecule has 2 aromatic rings. The van der Waals surface area contributed by atoms with E-state index >= 15 is 0 Å². The van der Waals surface area contributed by atoms with Gasteiger partial charge in [0, 0.05) is 5.56 Å². The zero-order valence-corrected chi connectivity index (χ0v) is 11.7. The number of aliphatic hydroxyl groups is 1. The Hall–Kier alpha value is -2.28. The minimum atomic E-state index is -0.797. The van der Waals surface area contributed by atoms with Gasteiger partial charge in [0.05, 0.1) is 21.3 Å². The Morgan fingerprint density at radius 3 is 2.10 bits per heavy atom. The van der Waals surface area contributed by atoms with Crippen LogP contribution in [0.2, 0.25) is 0 Å². The number of methoxy groups -OCH3 is 3. The maximum Gasteiger partial charge on any atom is 0.258 e. The van der Waals surface area contributed by atoms with Gasteiger partial charge in [-0.25, -0.2) is 0 Å². The summed E-state index contributed by atoms with van der Waals surface area (Å²) in [5.41, 5.74) is 0.610. The first kappa shape index (κ1) is 14.1. The highest BCUT2D eigenvalue weighted by Gasteiger charge is 2.18. The highest BCUT2D eigenvalue weighted by atomic mass is 16.5. The molecule has 0 saturated heterocycles. The monoisotopic (exact) mass is 280 g/mol. The lowest BCUT2D eigenvalue weighted by atomic mass is 10.2. The van der Waals surface area contributed by atoms with Crippen molar-refractivity contribution in [3.05, 3.63) is 18.0 Å². The summed E-state index contributed by atoms with van der Waals surface area (Å²) in [6.07, 6.45) is -0.797. The zero-order chi connectivity index (χ0) is 14.7. The molecule has 7 heteroatoms. The normalized spacial score (nSPS) is 12.1. The third-order valence-electron chi connectivity index (χ3n) is 2.73. The van der Waals surface area contributed by atoms with Gasteiger partial charge in [-0.1, -0.05) is 5.16 Å². The van der Waals surface area contributed by atoms with E-state index in [0.717, 1.165) is 0 Å². The van der Waals surface area contributed by atoms with E-state index in [1.165, 1.54) is 21.3 Å². The van der Waals surface area contributed by atoms with Crippen LogP contribution >= 0.6 is 0 Å². The second kappa shape index (κ2) is 5.79. The second-order valence-electron chi connectivity index (χ2n) is 4.05. The largest absolute Gasteiger partial charge is 0.493 e. The van der Waals surface area contributed by atoms with E-state index in [4.69, 9.17) is 18.7 Å². The van der Waals surface area contributed by atoms with Gasteiger partial charge in [0.1, 0.15) is 6.10 Å². The van der Waals surface area contributed by atoms with Crippen LogP contribution < -0.4 is 14.2 Å². The summed E-state index contributed by atoms with van der Waals surface area (Å²) in [6.45, 7) is 1.56. The van der Waals surface area contributed by atoms with Crippen molar-refractivity contribution in [2.45, 2.75) is 13.0 Å². The van der Waals surface area contributed by atoms with Gasteiger partial charge in [0.2, 0.25) is 5.75 Å². The van der Waals surface area contributed by atoms with Gasteiger partial charge in [-0.15, -0.1) is 0 Å². The summed E-state index contributed by atoms with van der Waals surface area (Å²) < 4.78 is 20.8. The third kappa shape index (κ3) is 2.53. The number of ether oxygens (including phenoxy) is 3. The molecule has 0 aliphatic carbocycles. The molecule has 0 amide bonds. The number of benzene rings is 1. The van der Waals surface area contributed by atoms with E-state index in [0.29, 0.717) is 22.8 Å². The molecule has 2 rings (SSSR count). The Balaban J connectivity index is 2.50. The van der Waals surface area contributed by atoms with Crippen molar-refractivity contribution < 1.29 is 23.8 Å². The minimum absolute atomic E-state index is 0.216. The first-order chi connectivity index (χ1) is 9.60. The molecule has 1 N–H and O–H groups in total. The lowest BCUT2D eigenvalue weighted by Crippen LogP contribution is -1.96. The highest BCUT2D eigenvalue weighted by molar-refractivity contribution is 5.65. The molecule has 1 aromatic heterocycles. The zero-order valence-electron chi connectivity index (χ0n) is 11.7. The van der Waals surface area contributed by atoms with Crippen LogP contribution in [0.25, 0.3) is 11.5 Å². The predicted octanol–water partition coefficient (Wildman–Crippen LogP) is 1.82. The Morgan fingerprint density at radius 2 is 1.70 bits per heavy atom. The van der Waals surface area contributed by atoms with Crippen LogP contribution in [0.5, 0.6) is 17.2 Å². The van der Waals surface area contributed by atoms with Gasteiger partial charge >= 0.3 is 0 Å². The molecule has 1 unspecified atom stereocenters. The molecule has 0 fully saturated rings. The number of hydrogen-bond acceptors (Lipinski definition) is 7. The quantitative estimate of drug-likeness (QED) is 0.893. The fourth-order valence-corrected chi connectivity index (χ4v) is 1.73. The van der Waals surface area contributed by atoms with E-state index in [2.05, 4.69) is 10.1 Å². The molecule has 1 atom stereocenters. The van der Waals surface area contributed by atoms with E-state index in [9.17, 15) is 5.11 Å². The van der Waals surface area contributed by atoms with Crippen molar-refractivity contribution in [3.8, 4) is 28.7 Å². The van der Waals surface area contributed by atoms with E-state index in [1.807, 2.05) is 0 Å². The minimum Gasteiger partial charge on any atom is -0.493 e. The molecule has 0 spiro atoms. The smallest absolute Gasteiger partial charge is 0.258 e. The fourth-order valence-electron chi connectivity index (χ4n) is 1.73. The summed E-state index contributed by atoms with van der Waals surface area (Å²) in [6, 6.07) is 3.39. The van der Waals surface area contributed by atoms with E-state index in [1.54, 1.807) is 19.1 Å². The second-order valence-corrected chi connectivity index (χ2v) is 4.05. The van der Waals surface area contributed by atoms with Gasteiger partial charge in [0.25, 0.3) is 5.89 Å². The predicted molar refractivity (Wildman–Crippen MR) is 70.0 cm³/mol. The third-order valence-corrected chi connectivity index (χ3v) is 2.73. The SMILES string of the molecule is COc1cc(-c2nc(C(C)O)no2)cc(OC)c1OC. The van der Waals surface area contributed by atoms with Crippen LogP contribution in [-0.4, -0.2) is 36.6 Å². The molecule has 1 aromatic carbocycles. The van der Waals surface area contributed by atoms with Crippen LogP contribution in [0.1, 0.15) is 18.9 Å². The molecular weight excluding hydrogens is 264 g/mol. The van der Waals surface area contributed by atoms with Crippen molar-refractivity contribution in [1.82, 2.24) is 10.1 Å². The van der Waals surface area contributed by atoms with Crippen molar-refractivity contribution in [2.75, 3.05) is 21.3 Å². The van der Waals surface area contributed by atoms with Crippen molar-refractivity contribution >= 4 is 0 Å². The average molecular weight is 280 g/mol. The van der Waals surface area contributed by atoms with Crippen molar-refractivity contribution in [2.24, 2.45) is 0 Å². The summed E-state index contributed by atoms with van der Waals surface area (Å²) in [7, 11) is 4.57. The number of aliphatic hydroxyl groups excluding tert-OH is 1. The Morgan fingerprint density at radius 1 is 1.10 bits per heavy atom. The molecule has 0 radical (unpaired) electrons. The Kier molecular flexibility index (Phi) is 4.09. The molecule has 20 heavy (non-hydrogen) atoms. The number of aromatic nitrogens is 2. The number of nitrogens with zero attached hydrogens (tertiary/aromatic N) is 2. The van der Waals surface area contributed by atoms with Crippen molar-refractivity contribution in [1.29, 1.82) is 0 Å². The van der Waals surface area contributed by atoms with Gasteiger partial charge in [0.15, 0.2) is 17.3 Å². The molecule has 0 saturated carbocycles. The van der Waals surface area contributed by atoms with Crippen LogP contribution in [0.3, 0.4) is 0 Å². The Labute approximate surface area is 116 Å². The van der Waals surface area contributed by atoms with Gasteiger partial charge in [-0.3, -0.25) is 0 Å². The molecule has 0 aliphatic heterocycles. The van der Waals surface area contributed by atoms with E-state index < -0.39 is 6.10 Å². The molecule has 7 nitrogen and oxygen atoms in total. The highest BCUT2D eigenvalue weighted by Crippen LogP contribution is 2.40. The van der Waals surface area contributed by atoms with Crippen LogP contribution in [0, 0.1) is 0 Å². The summed E-state index contributed by atoms with van der Waals surface area (Å²) in [5.74, 6) is 1.93. The molecule has 0 aliphatic rings. The average Bonchev–Trinajstić information content (AvgIpc) is 2.95. The van der Waals surface area contributed by atoms with Crippen LogP contribution in [0.4, 0.5) is 0 Å². The van der Waals surface area contributed by atoms with Crippen molar-refractivity contribution in [3.63, 3.8) is 0 Å². The van der Waals surface area contributed by atoms with Crippen LogP contribution in [0.15, 0.2) is 16.7 Å². The van der Waals surface area contributed by atoms with Crippen LogP contribution in [-0.2, 0) is 0 Å². The molecule has 0 bridgehead atoms. The molecular formula is C13H16N2O5. The maximum absolute atomic E-state index is 9.41. The topological polar surface area (TPSA) is 86.8 Å². The Bertz CT molecular complexity index is 569. The number of rotatable bonds is 5. The van der Waals surface area contributed by atoms with Gasteiger partial charge < -0.3 is 23.8 Å². The van der Waals surface area contributed by atoms with Gasteiger partial charge in [-0.2, -0.15) is 4.98 Å². The summed E-state index contributed by atoms with van der Waals surface area (Å²) >= 11 is 0.